The third-order valence-electron chi connectivity index (χ3n) is 1.08. The van der Waals surface area contributed by atoms with Crippen LogP contribution in [-0.2, 0) is 0 Å². The van der Waals surface area contributed by atoms with Crippen LogP contribution in [-0.4, -0.2) is 29.1 Å². The quantitative estimate of drug-likeness (QED) is 0.554. The molecule has 5 N–H and O–H groups in total. The molecular weight excluding hydrogens is 170 g/mol. The maximum absolute atomic E-state index is 10.4. The van der Waals surface area contributed by atoms with Crippen LogP contribution in [0.3, 0.4) is 0 Å². The van der Waals surface area contributed by atoms with Crippen molar-refractivity contribution in [2.45, 2.75) is 0 Å². The molecule has 5 heteroatoms. The average molecular weight is 183 g/mol. The SMILES string of the molecule is NC(=O)c1cccnc1.NCCO. The van der Waals surface area contributed by atoms with Crippen molar-refractivity contribution in [3.63, 3.8) is 0 Å². The number of nitrogens with zero attached hydrogens (tertiary/aromatic N) is 1. The summed E-state index contributed by atoms with van der Waals surface area (Å²) in [5.41, 5.74) is 10.2. The number of aliphatic hydroxyl groups excluding tert-OH is 1. The van der Waals surface area contributed by atoms with Crippen LogP contribution < -0.4 is 11.5 Å². The number of amides is 1. The summed E-state index contributed by atoms with van der Waals surface area (Å²) >= 11 is 0. The highest BCUT2D eigenvalue weighted by atomic mass is 16.3. The van der Waals surface area contributed by atoms with Crippen molar-refractivity contribution in [2.75, 3.05) is 13.2 Å². The molecule has 0 atom stereocenters. The van der Waals surface area contributed by atoms with Crippen LogP contribution in [0, 0.1) is 0 Å². The second kappa shape index (κ2) is 7.20. The van der Waals surface area contributed by atoms with Gasteiger partial charge >= 0.3 is 0 Å². The van der Waals surface area contributed by atoms with Crippen molar-refractivity contribution in [3.8, 4) is 0 Å². The lowest BCUT2D eigenvalue weighted by molar-refractivity contribution is 0.1000. The average Bonchev–Trinajstić information content (AvgIpc) is 2.19. The van der Waals surface area contributed by atoms with E-state index in [0.717, 1.165) is 0 Å². The number of hydrogen-bond acceptors (Lipinski definition) is 4. The summed E-state index contributed by atoms with van der Waals surface area (Å²) in [4.78, 5) is 14.1. The number of hydrogen-bond donors (Lipinski definition) is 3. The van der Waals surface area contributed by atoms with Gasteiger partial charge in [0, 0.05) is 18.9 Å². The summed E-state index contributed by atoms with van der Waals surface area (Å²) in [5.74, 6) is -0.442. The molecule has 0 aliphatic carbocycles. The fourth-order valence-electron chi connectivity index (χ4n) is 0.509. The Bertz CT molecular complexity index is 236. The molecule has 0 aromatic carbocycles. The predicted molar refractivity (Wildman–Crippen MR) is 48.9 cm³/mol. The maximum Gasteiger partial charge on any atom is 0.250 e. The smallest absolute Gasteiger partial charge is 0.250 e. The highest BCUT2D eigenvalue weighted by molar-refractivity contribution is 5.92. The van der Waals surface area contributed by atoms with E-state index in [0.29, 0.717) is 12.1 Å². The van der Waals surface area contributed by atoms with Gasteiger partial charge in [-0.25, -0.2) is 0 Å². The first-order chi connectivity index (χ1) is 6.22. The van der Waals surface area contributed by atoms with Crippen molar-refractivity contribution >= 4 is 5.91 Å². The maximum atomic E-state index is 10.4. The van der Waals surface area contributed by atoms with E-state index in [9.17, 15) is 4.79 Å². The van der Waals surface area contributed by atoms with Gasteiger partial charge < -0.3 is 16.6 Å². The third kappa shape index (κ3) is 5.77. The Kier molecular flexibility index (Phi) is 6.39. The van der Waals surface area contributed by atoms with Gasteiger partial charge in [0.05, 0.1) is 12.2 Å². The molecule has 0 aliphatic rings. The van der Waals surface area contributed by atoms with Crippen LogP contribution in [0.2, 0.25) is 0 Å². The number of aromatic nitrogens is 1. The van der Waals surface area contributed by atoms with E-state index in [1.807, 2.05) is 0 Å². The zero-order valence-electron chi connectivity index (χ0n) is 7.18. The monoisotopic (exact) mass is 183 g/mol. The number of carbonyl (C=O) groups is 1. The largest absolute Gasteiger partial charge is 0.395 e. The van der Waals surface area contributed by atoms with E-state index in [-0.39, 0.29) is 6.61 Å². The minimum absolute atomic E-state index is 0.0972. The van der Waals surface area contributed by atoms with E-state index in [4.69, 9.17) is 16.6 Å². The Morgan fingerprint density at radius 3 is 2.46 bits per heavy atom. The van der Waals surface area contributed by atoms with Crippen LogP contribution in [0.15, 0.2) is 24.5 Å². The molecule has 1 heterocycles. The molecule has 1 aromatic heterocycles. The van der Waals surface area contributed by atoms with Gasteiger partial charge in [-0.3, -0.25) is 9.78 Å². The zero-order chi connectivity index (χ0) is 10.1. The summed E-state index contributed by atoms with van der Waals surface area (Å²) in [7, 11) is 0. The Hall–Kier alpha value is -1.46. The molecule has 72 valence electrons. The van der Waals surface area contributed by atoms with Crippen LogP contribution >= 0.6 is 0 Å². The van der Waals surface area contributed by atoms with Gasteiger partial charge in [-0.1, -0.05) is 0 Å². The molecular formula is C8H13N3O2. The lowest BCUT2D eigenvalue weighted by atomic mass is 10.3. The Morgan fingerprint density at radius 2 is 2.23 bits per heavy atom. The number of primary amides is 1. The minimum atomic E-state index is -0.442. The summed E-state index contributed by atoms with van der Waals surface area (Å²) in [6.07, 6.45) is 3.02. The number of rotatable bonds is 2. The van der Waals surface area contributed by atoms with Crippen LogP contribution in [0.1, 0.15) is 10.4 Å². The fourth-order valence-corrected chi connectivity index (χ4v) is 0.509. The summed E-state index contributed by atoms with van der Waals surface area (Å²) < 4.78 is 0. The molecule has 0 aliphatic heterocycles. The molecule has 0 saturated carbocycles. The van der Waals surface area contributed by atoms with Crippen LogP contribution in [0.25, 0.3) is 0 Å². The lowest BCUT2D eigenvalue weighted by Crippen LogP contribution is -2.10. The molecule has 0 radical (unpaired) electrons. The standard InChI is InChI=1S/C6H6N2O.C2H7NO/c7-6(9)5-2-1-3-8-4-5;3-1-2-4/h1-4H,(H2,7,9);4H,1-3H2. The lowest BCUT2D eigenvalue weighted by Gasteiger charge is -1.88. The van der Waals surface area contributed by atoms with Crippen molar-refractivity contribution in [1.82, 2.24) is 4.98 Å². The Balaban J connectivity index is 0.000000310. The molecule has 0 fully saturated rings. The predicted octanol–water partition coefficient (Wildman–Crippen LogP) is -0.882. The van der Waals surface area contributed by atoms with Crippen LogP contribution in [0.4, 0.5) is 0 Å². The summed E-state index contributed by atoms with van der Waals surface area (Å²) in [6, 6.07) is 3.29. The molecule has 5 nitrogen and oxygen atoms in total. The van der Waals surface area contributed by atoms with Gasteiger partial charge in [0.1, 0.15) is 0 Å². The molecule has 1 amide bonds. The van der Waals surface area contributed by atoms with Gasteiger partial charge in [0.15, 0.2) is 0 Å². The van der Waals surface area contributed by atoms with E-state index < -0.39 is 5.91 Å². The first-order valence-corrected chi connectivity index (χ1v) is 3.73. The van der Waals surface area contributed by atoms with Gasteiger partial charge in [-0.05, 0) is 12.1 Å². The highest BCUT2D eigenvalue weighted by Gasteiger charge is 1.94. The van der Waals surface area contributed by atoms with E-state index >= 15 is 0 Å². The molecule has 0 unspecified atom stereocenters. The Labute approximate surface area is 76.4 Å². The minimum Gasteiger partial charge on any atom is -0.395 e. The van der Waals surface area contributed by atoms with E-state index in [2.05, 4.69) is 4.98 Å². The van der Waals surface area contributed by atoms with Gasteiger partial charge in [-0.2, -0.15) is 0 Å². The first kappa shape index (κ1) is 11.5. The number of carbonyl (C=O) groups excluding carboxylic acids is 1. The molecule has 1 aromatic rings. The topological polar surface area (TPSA) is 102 Å². The second-order valence-electron chi connectivity index (χ2n) is 2.12. The molecule has 13 heavy (non-hydrogen) atoms. The highest BCUT2D eigenvalue weighted by Crippen LogP contribution is 1.91. The van der Waals surface area contributed by atoms with Crippen LogP contribution in [0.5, 0.6) is 0 Å². The fraction of sp³-hybridized carbons (Fsp3) is 0.250. The first-order valence-electron chi connectivity index (χ1n) is 3.73. The number of aliphatic hydroxyl groups is 1. The Morgan fingerprint density at radius 1 is 1.62 bits per heavy atom. The van der Waals surface area contributed by atoms with Crippen molar-refractivity contribution in [3.05, 3.63) is 30.1 Å². The normalized spacial score (nSPS) is 8.46. The number of pyridine rings is 1. The number of nitrogens with two attached hydrogens (primary N) is 2. The van der Waals surface area contributed by atoms with Gasteiger partial charge in [-0.15, -0.1) is 0 Å². The van der Waals surface area contributed by atoms with E-state index in [1.165, 1.54) is 6.20 Å². The van der Waals surface area contributed by atoms with Gasteiger partial charge in [0.25, 0.3) is 0 Å². The summed E-state index contributed by atoms with van der Waals surface area (Å²) in [5, 5.41) is 7.75. The molecule has 0 saturated heterocycles. The second-order valence-corrected chi connectivity index (χ2v) is 2.12. The third-order valence-corrected chi connectivity index (χ3v) is 1.08. The molecule has 0 spiro atoms. The van der Waals surface area contributed by atoms with Crippen molar-refractivity contribution < 1.29 is 9.90 Å². The summed E-state index contributed by atoms with van der Waals surface area (Å²) in [6.45, 7) is 0.472. The molecule has 1 rings (SSSR count). The molecule has 0 bridgehead atoms. The van der Waals surface area contributed by atoms with Crippen molar-refractivity contribution in [2.24, 2.45) is 11.5 Å². The zero-order valence-corrected chi connectivity index (χ0v) is 7.18. The van der Waals surface area contributed by atoms with Gasteiger partial charge in [0.2, 0.25) is 5.91 Å². The van der Waals surface area contributed by atoms with E-state index in [1.54, 1.807) is 18.3 Å². The van der Waals surface area contributed by atoms with Crippen molar-refractivity contribution in [1.29, 1.82) is 0 Å².